The molecule has 1 amide bonds. The summed E-state index contributed by atoms with van der Waals surface area (Å²) < 4.78 is 0. The van der Waals surface area contributed by atoms with E-state index in [1.807, 2.05) is 19.2 Å². The molecule has 0 fully saturated rings. The van der Waals surface area contributed by atoms with Crippen molar-refractivity contribution >= 4 is 53.4 Å². The number of aromatic nitrogens is 2. The Bertz CT molecular complexity index is 588. The van der Waals surface area contributed by atoms with E-state index in [-0.39, 0.29) is 36.8 Å². The summed E-state index contributed by atoms with van der Waals surface area (Å²) in [5, 5.41) is 8.60. The smallest absolute Gasteiger partial charge is 0.271 e. The van der Waals surface area contributed by atoms with E-state index in [1.54, 1.807) is 16.7 Å². The molecule has 0 aromatic carbocycles. The SMILES string of the molecule is CCC(NC(=O)c1csc(CCN)n1)c1nc(C)cs1.Cl.Cl. The lowest BCUT2D eigenvalue weighted by molar-refractivity contribution is 0.0931. The Labute approximate surface area is 150 Å². The molecule has 0 aliphatic carbocycles. The summed E-state index contributed by atoms with van der Waals surface area (Å²) in [5.41, 5.74) is 6.93. The van der Waals surface area contributed by atoms with Crippen LogP contribution >= 0.6 is 47.5 Å². The van der Waals surface area contributed by atoms with Crippen LogP contribution in [-0.2, 0) is 6.42 Å². The number of hydrogen-bond donors (Lipinski definition) is 2. The molecule has 0 bridgehead atoms. The van der Waals surface area contributed by atoms with Crippen molar-refractivity contribution in [3.05, 3.63) is 32.2 Å². The van der Waals surface area contributed by atoms with Crippen molar-refractivity contribution in [2.24, 2.45) is 5.73 Å². The lowest BCUT2D eigenvalue weighted by Crippen LogP contribution is -2.28. The molecule has 0 spiro atoms. The van der Waals surface area contributed by atoms with Crippen LogP contribution in [0.1, 0.15) is 45.6 Å². The summed E-state index contributed by atoms with van der Waals surface area (Å²) in [5.74, 6) is -0.149. The van der Waals surface area contributed by atoms with E-state index in [0.717, 1.165) is 22.1 Å². The summed E-state index contributed by atoms with van der Waals surface area (Å²) in [4.78, 5) is 20.9. The highest BCUT2D eigenvalue weighted by atomic mass is 35.5. The van der Waals surface area contributed by atoms with Gasteiger partial charge in [-0.1, -0.05) is 6.92 Å². The zero-order valence-corrected chi connectivity index (χ0v) is 15.6. The second kappa shape index (κ2) is 10.1. The number of nitrogens with zero attached hydrogens (tertiary/aromatic N) is 2. The van der Waals surface area contributed by atoms with Gasteiger partial charge in [0.15, 0.2) is 0 Å². The molecule has 1 unspecified atom stereocenters. The molecule has 9 heteroatoms. The fraction of sp³-hybridized carbons (Fsp3) is 0.462. The second-order valence-electron chi connectivity index (χ2n) is 4.43. The molecule has 22 heavy (non-hydrogen) atoms. The standard InChI is InChI=1S/C13H18N4OS2.2ClH/c1-3-9(13-15-8(2)6-20-13)17-12(18)10-7-19-11(16-10)4-5-14;;/h6-7,9H,3-5,14H2,1-2H3,(H,17,18);2*1H. The molecular weight excluding hydrogens is 363 g/mol. The number of amides is 1. The van der Waals surface area contributed by atoms with Gasteiger partial charge in [-0.3, -0.25) is 4.79 Å². The van der Waals surface area contributed by atoms with E-state index >= 15 is 0 Å². The molecule has 2 heterocycles. The van der Waals surface area contributed by atoms with Gasteiger partial charge in [-0.25, -0.2) is 9.97 Å². The number of nitrogens with two attached hydrogens (primary N) is 1. The fourth-order valence-corrected chi connectivity index (χ4v) is 3.48. The number of nitrogens with one attached hydrogen (secondary N) is 1. The molecular formula is C13H20Cl2N4OS2. The van der Waals surface area contributed by atoms with E-state index < -0.39 is 0 Å². The average Bonchev–Trinajstić information content (AvgIpc) is 3.05. The molecule has 0 saturated carbocycles. The molecule has 1 atom stereocenters. The molecule has 2 rings (SSSR count). The Morgan fingerprint density at radius 1 is 1.32 bits per heavy atom. The summed E-state index contributed by atoms with van der Waals surface area (Å²) >= 11 is 3.04. The molecule has 0 aliphatic rings. The summed E-state index contributed by atoms with van der Waals surface area (Å²) in [6.07, 6.45) is 1.51. The Hall–Kier alpha value is -0.730. The van der Waals surface area contributed by atoms with Crippen molar-refractivity contribution in [3.8, 4) is 0 Å². The Kier molecular flexibility index (Phi) is 9.79. The number of halogens is 2. The number of aryl methyl sites for hydroxylation is 1. The van der Waals surface area contributed by atoms with Gasteiger partial charge in [-0.05, 0) is 19.9 Å². The van der Waals surface area contributed by atoms with Crippen LogP contribution in [0.3, 0.4) is 0 Å². The first-order valence-corrected chi connectivity index (χ1v) is 8.27. The van der Waals surface area contributed by atoms with Gasteiger partial charge in [0.2, 0.25) is 0 Å². The normalized spacial score (nSPS) is 11.2. The molecule has 2 aromatic heterocycles. The van der Waals surface area contributed by atoms with Crippen LogP contribution in [0.25, 0.3) is 0 Å². The number of carbonyl (C=O) groups excluding carboxylic acids is 1. The maximum Gasteiger partial charge on any atom is 0.271 e. The third-order valence-corrected chi connectivity index (χ3v) is 4.78. The summed E-state index contributed by atoms with van der Waals surface area (Å²) in [6, 6.07) is -0.0548. The highest BCUT2D eigenvalue weighted by molar-refractivity contribution is 7.10. The van der Waals surface area contributed by atoms with Gasteiger partial charge in [-0.2, -0.15) is 0 Å². The zero-order valence-electron chi connectivity index (χ0n) is 12.4. The van der Waals surface area contributed by atoms with Crippen molar-refractivity contribution in [1.82, 2.24) is 15.3 Å². The summed E-state index contributed by atoms with van der Waals surface area (Å²) in [6.45, 7) is 4.53. The zero-order chi connectivity index (χ0) is 14.5. The van der Waals surface area contributed by atoms with Gasteiger partial charge >= 0.3 is 0 Å². The Morgan fingerprint density at radius 3 is 2.59 bits per heavy atom. The predicted molar refractivity (Wildman–Crippen MR) is 96.7 cm³/mol. The molecule has 0 radical (unpaired) electrons. The van der Waals surface area contributed by atoms with Crippen molar-refractivity contribution < 1.29 is 4.79 Å². The first-order valence-electron chi connectivity index (χ1n) is 6.51. The van der Waals surface area contributed by atoms with Crippen LogP contribution in [0.4, 0.5) is 0 Å². The van der Waals surface area contributed by atoms with Crippen molar-refractivity contribution in [3.63, 3.8) is 0 Å². The van der Waals surface area contributed by atoms with Gasteiger partial charge in [0.25, 0.3) is 5.91 Å². The monoisotopic (exact) mass is 382 g/mol. The topological polar surface area (TPSA) is 80.9 Å². The largest absolute Gasteiger partial charge is 0.341 e. The lowest BCUT2D eigenvalue weighted by Gasteiger charge is -2.13. The van der Waals surface area contributed by atoms with E-state index in [1.165, 1.54) is 11.3 Å². The lowest BCUT2D eigenvalue weighted by atomic mass is 10.2. The highest BCUT2D eigenvalue weighted by Crippen LogP contribution is 2.21. The minimum atomic E-state index is -0.149. The second-order valence-corrected chi connectivity index (χ2v) is 6.26. The number of thiazole rings is 2. The molecule has 2 aromatic rings. The van der Waals surface area contributed by atoms with Crippen LogP contribution in [0.5, 0.6) is 0 Å². The molecule has 124 valence electrons. The van der Waals surface area contributed by atoms with E-state index in [9.17, 15) is 4.79 Å². The predicted octanol–water partition coefficient (Wildman–Crippen LogP) is 3.13. The van der Waals surface area contributed by atoms with Gasteiger partial charge in [0, 0.05) is 22.9 Å². The first kappa shape index (κ1) is 21.3. The van der Waals surface area contributed by atoms with Crippen molar-refractivity contribution in [1.29, 1.82) is 0 Å². The third-order valence-electron chi connectivity index (χ3n) is 2.79. The quantitative estimate of drug-likeness (QED) is 0.803. The molecule has 3 N–H and O–H groups in total. The van der Waals surface area contributed by atoms with Crippen LogP contribution in [0, 0.1) is 6.92 Å². The van der Waals surface area contributed by atoms with Crippen LogP contribution < -0.4 is 11.1 Å². The maximum absolute atomic E-state index is 12.2. The van der Waals surface area contributed by atoms with Crippen LogP contribution in [0.15, 0.2) is 10.8 Å². The molecule has 5 nitrogen and oxygen atoms in total. The van der Waals surface area contributed by atoms with Gasteiger partial charge in [0.05, 0.1) is 11.0 Å². The van der Waals surface area contributed by atoms with Gasteiger partial charge in [-0.15, -0.1) is 47.5 Å². The average molecular weight is 383 g/mol. The van der Waals surface area contributed by atoms with Gasteiger partial charge in [0.1, 0.15) is 10.7 Å². The summed E-state index contributed by atoms with van der Waals surface area (Å²) in [7, 11) is 0. The van der Waals surface area contributed by atoms with Gasteiger partial charge < -0.3 is 11.1 Å². The van der Waals surface area contributed by atoms with Crippen LogP contribution in [-0.4, -0.2) is 22.4 Å². The number of carbonyl (C=O) groups is 1. The van der Waals surface area contributed by atoms with Crippen LogP contribution in [0.2, 0.25) is 0 Å². The van der Waals surface area contributed by atoms with E-state index in [0.29, 0.717) is 18.7 Å². The van der Waals surface area contributed by atoms with Crippen molar-refractivity contribution in [2.75, 3.05) is 6.54 Å². The number of rotatable bonds is 6. The first-order chi connectivity index (χ1) is 9.63. The maximum atomic E-state index is 12.2. The molecule has 0 saturated heterocycles. The minimum absolute atomic E-state index is 0. The van der Waals surface area contributed by atoms with E-state index in [4.69, 9.17) is 5.73 Å². The number of hydrogen-bond acceptors (Lipinski definition) is 6. The molecule has 0 aliphatic heterocycles. The van der Waals surface area contributed by atoms with Crippen molar-refractivity contribution in [2.45, 2.75) is 32.7 Å². The highest BCUT2D eigenvalue weighted by Gasteiger charge is 2.18. The Balaban J connectivity index is 0.00000220. The fourth-order valence-electron chi connectivity index (χ4n) is 1.76. The third kappa shape index (κ3) is 5.48. The van der Waals surface area contributed by atoms with E-state index in [2.05, 4.69) is 15.3 Å². The minimum Gasteiger partial charge on any atom is -0.341 e. The Morgan fingerprint density at radius 2 is 2.05 bits per heavy atom.